The number of benzene rings is 1. The summed E-state index contributed by atoms with van der Waals surface area (Å²) in [7, 11) is -3.72. The largest absolute Gasteiger partial charge is 0.350 e. The van der Waals surface area contributed by atoms with Gasteiger partial charge in [-0.2, -0.15) is 0 Å². The number of nitrogens with zero attached hydrogens (tertiary/aromatic N) is 1. The number of hydrogen-bond acceptors (Lipinski definition) is 4. The monoisotopic (exact) mass is 415 g/mol. The second kappa shape index (κ2) is 9.37. The molecule has 0 heterocycles. The Balaban J connectivity index is 2.13. The molecular weight excluding hydrogens is 386 g/mol. The molecule has 2 rings (SSSR count). The minimum atomic E-state index is -3.72. The zero-order valence-electron chi connectivity index (χ0n) is 16.5. The van der Waals surface area contributed by atoms with Crippen LogP contribution in [0.3, 0.4) is 0 Å². The van der Waals surface area contributed by atoms with E-state index in [1.54, 1.807) is 6.07 Å². The van der Waals surface area contributed by atoms with Gasteiger partial charge in [-0.05, 0) is 50.0 Å². The van der Waals surface area contributed by atoms with Crippen LogP contribution >= 0.6 is 11.6 Å². The first kappa shape index (κ1) is 22.1. The van der Waals surface area contributed by atoms with E-state index in [-0.39, 0.29) is 33.5 Å². The molecular formula is C19H30ClN3O3S. The summed E-state index contributed by atoms with van der Waals surface area (Å²) in [4.78, 5) is 14.9. The van der Waals surface area contributed by atoms with Gasteiger partial charge in [0.05, 0.1) is 5.02 Å². The van der Waals surface area contributed by atoms with Crippen molar-refractivity contribution in [2.45, 2.75) is 57.5 Å². The molecule has 0 bridgehead atoms. The molecule has 6 nitrogen and oxygen atoms in total. The molecule has 1 amide bonds. The Kier molecular flexibility index (Phi) is 7.68. The highest BCUT2D eigenvalue weighted by molar-refractivity contribution is 7.89. The molecule has 0 aromatic heterocycles. The maximum Gasteiger partial charge on any atom is 0.251 e. The molecule has 0 unspecified atom stereocenters. The van der Waals surface area contributed by atoms with Gasteiger partial charge in [-0.25, -0.2) is 13.1 Å². The Labute approximate surface area is 167 Å². The highest BCUT2D eigenvalue weighted by Gasteiger charge is 2.30. The number of nitrogens with one attached hydrogen (secondary N) is 2. The maximum atomic E-state index is 12.6. The number of likely N-dealkylation sites (N-methyl/N-ethyl adjacent to an activating group) is 1. The van der Waals surface area contributed by atoms with Crippen LogP contribution < -0.4 is 10.0 Å². The Morgan fingerprint density at radius 1 is 1.26 bits per heavy atom. The molecule has 1 aromatic rings. The van der Waals surface area contributed by atoms with Crippen molar-refractivity contribution in [1.82, 2.24) is 14.9 Å². The molecule has 8 heteroatoms. The Hall–Kier alpha value is -1.15. The molecule has 1 fully saturated rings. The number of sulfonamides is 1. The standard InChI is InChI=1S/C19H30ClN3O3S/c1-5-23(6-2)17(13(3)4)12-21-19(24)14-7-10-16(20)18(11-14)27(25,26)22-15-8-9-15/h7,10-11,13,15,17,22H,5-6,8-9,12H2,1-4H3,(H,21,24)/t17-/m1/s1. The molecule has 152 valence electrons. The van der Waals surface area contributed by atoms with Crippen molar-refractivity contribution in [3.05, 3.63) is 28.8 Å². The van der Waals surface area contributed by atoms with Crippen molar-refractivity contribution in [1.29, 1.82) is 0 Å². The fraction of sp³-hybridized carbons (Fsp3) is 0.632. The molecule has 1 aromatic carbocycles. The second-order valence-corrected chi connectivity index (χ2v) is 9.37. The van der Waals surface area contributed by atoms with Crippen molar-refractivity contribution < 1.29 is 13.2 Å². The van der Waals surface area contributed by atoms with Crippen LogP contribution in [-0.2, 0) is 10.0 Å². The topological polar surface area (TPSA) is 78.5 Å². The van der Waals surface area contributed by atoms with Gasteiger partial charge in [0.15, 0.2) is 0 Å². The number of rotatable bonds is 10. The van der Waals surface area contributed by atoms with Gasteiger partial charge in [0, 0.05) is 24.2 Å². The molecule has 1 saturated carbocycles. The number of amides is 1. The maximum absolute atomic E-state index is 12.6. The van der Waals surface area contributed by atoms with Gasteiger partial charge in [0.1, 0.15) is 4.90 Å². The molecule has 2 N–H and O–H groups in total. The predicted octanol–water partition coefficient (Wildman–Crippen LogP) is 2.88. The van der Waals surface area contributed by atoms with Gasteiger partial charge in [0.2, 0.25) is 10.0 Å². The van der Waals surface area contributed by atoms with E-state index in [4.69, 9.17) is 11.6 Å². The zero-order chi connectivity index (χ0) is 20.2. The average molecular weight is 416 g/mol. The summed E-state index contributed by atoms with van der Waals surface area (Å²) in [6, 6.07) is 4.56. The van der Waals surface area contributed by atoms with Crippen LogP contribution in [-0.4, -0.2) is 50.9 Å². The van der Waals surface area contributed by atoms with E-state index in [0.717, 1.165) is 25.9 Å². The predicted molar refractivity (Wildman–Crippen MR) is 109 cm³/mol. The number of carbonyl (C=O) groups excluding carboxylic acids is 1. The highest BCUT2D eigenvalue weighted by Crippen LogP contribution is 2.27. The van der Waals surface area contributed by atoms with Crippen molar-refractivity contribution in [2.24, 2.45) is 5.92 Å². The lowest BCUT2D eigenvalue weighted by molar-refractivity contribution is 0.0921. The minimum absolute atomic E-state index is 0.0237. The van der Waals surface area contributed by atoms with Gasteiger partial charge >= 0.3 is 0 Å². The first-order valence-corrected chi connectivity index (χ1v) is 11.4. The Morgan fingerprint density at radius 3 is 2.41 bits per heavy atom. The van der Waals surface area contributed by atoms with Crippen LogP contribution in [0.5, 0.6) is 0 Å². The summed E-state index contributed by atoms with van der Waals surface area (Å²) >= 11 is 6.08. The summed E-state index contributed by atoms with van der Waals surface area (Å²) in [5.41, 5.74) is 0.289. The fourth-order valence-corrected chi connectivity index (χ4v) is 4.94. The van der Waals surface area contributed by atoms with E-state index in [9.17, 15) is 13.2 Å². The van der Waals surface area contributed by atoms with Gasteiger partial charge in [0.25, 0.3) is 5.91 Å². The van der Waals surface area contributed by atoms with E-state index in [1.165, 1.54) is 12.1 Å². The van der Waals surface area contributed by atoms with E-state index >= 15 is 0 Å². The Bertz CT molecular complexity index is 759. The normalized spacial score (nSPS) is 16.0. The van der Waals surface area contributed by atoms with Gasteiger partial charge in [-0.1, -0.05) is 39.3 Å². The van der Waals surface area contributed by atoms with Crippen LogP contribution in [0.1, 0.15) is 50.9 Å². The first-order valence-electron chi connectivity index (χ1n) is 9.53. The molecule has 27 heavy (non-hydrogen) atoms. The Morgan fingerprint density at radius 2 is 1.89 bits per heavy atom. The minimum Gasteiger partial charge on any atom is -0.350 e. The number of halogens is 1. The first-order chi connectivity index (χ1) is 12.7. The van der Waals surface area contributed by atoms with Crippen LogP contribution in [0.4, 0.5) is 0 Å². The van der Waals surface area contributed by atoms with E-state index in [1.807, 2.05) is 0 Å². The van der Waals surface area contributed by atoms with Crippen molar-refractivity contribution in [3.8, 4) is 0 Å². The molecule has 0 spiro atoms. The molecule has 1 atom stereocenters. The van der Waals surface area contributed by atoms with E-state index < -0.39 is 10.0 Å². The van der Waals surface area contributed by atoms with Crippen molar-refractivity contribution in [3.63, 3.8) is 0 Å². The third-order valence-electron chi connectivity index (χ3n) is 4.90. The van der Waals surface area contributed by atoms with Crippen molar-refractivity contribution in [2.75, 3.05) is 19.6 Å². The summed E-state index contributed by atoms with van der Waals surface area (Å²) in [6.07, 6.45) is 1.66. The summed E-state index contributed by atoms with van der Waals surface area (Å²) in [5, 5.41) is 3.06. The third-order valence-corrected chi connectivity index (χ3v) is 6.91. The lowest BCUT2D eigenvalue weighted by Crippen LogP contribution is -2.46. The van der Waals surface area contributed by atoms with E-state index in [0.29, 0.717) is 12.5 Å². The van der Waals surface area contributed by atoms with Crippen LogP contribution in [0.25, 0.3) is 0 Å². The summed E-state index contributed by atoms with van der Waals surface area (Å²) in [5.74, 6) is 0.0847. The summed E-state index contributed by atoms with van der Waals surface area (Å²) in [6.45, 7) is 10.8. The molecule has 0 saturated heterocycles. The SMILES string of the molecule is CCN(CC)[C@H](CNC(=O)c1ccc(Cl)c(S(=O)(=O)NC2CC2)c1)C(C)C. The lowest BCUT2D eigenvalue weighted by atomic mass is 10.0. The molecule has 1 aliphatic carbocycles. The lowest BCUT2D eigenvalue weighted by Gasteiger charge is -2.32. The van der Waals surface area contributed by atoms with Gasteiger partial charge in [-0.3, -0.25) is 9.69 Å². The van der Waals surface area contributed by atoms with Gasteiger partial charge < -0.3 is 5.32 Å². The van der Waals surface area contributed by atoms with E-state index in [2.05, 4.69) is 42.6 Å². The third kappa shape index (κ3) is 5.91. The zero-order valence-corrected chi connectivity index (χ0v) is 18.0. The molecule has 0 aliphatic heterocycles. The van der Waals surface area contributed by atoms with Crippen LogP contribution in [0.15, 0.2) is 23.1 Å². The molecule has 1 aliphatic rings. The van der Waals surface area contributed by atoms with Crippen molar-refractivity contribution >= 4 is 27.5 Å². The second-order valence-electron chi connectivity index (χ2n) is 7.28. The fourth-order valence-electron chi connectivity index (χ4n) is 3.11. The smallest absolute Gasteiger partial charge is 0.251 e. The highest BCUT2D eigenvalue weighted by atomic mass is 35.5. The quantitative estimate of drug-likeness (QED) is 0.615. The molecule has 0 radical (unpaired) electrons. The average Bonchev–Trinajstić information content (AvgIpc) is 3.41. The van der Waals surface area contributed by atoms with Gasteiger partial charge in [-0.15, -0.1) is 0 Å². The number of carbonyl (C=O) groups is 1. The number of hydrogen-bond donors (Lipinski definition) is 2. The van der Waals surface area contributed by atoms with Crippen LogP contribution in [0.2, 0.25) is 5.02 Å². The van der Waals surface area contributed by atoms with Crippen LogP contribution in [0, 0.1) is 5.92 Å². The summed E-state index contributed by atoms with van der Waals surface area (Å²) < 4.78 is 27.5.